The van der Waals surface area contributed by atoms with E-state index in [-0.39, 0.29) is 4.75 Å². The number of hydrogen-bond acceptors (Lipinski definition) is 3. The highest BCUT2D eigenvalue weighted by molar-refractivity contribution is 8.68. The van der Waals surface area contributed by atoms with Crippen LogP contribution in [-0.4, -0.2) is 0 Å². The van der Waals surface area contributed by atoms with Crippen molar-refractivity contribution in [1.29, 1.82) is 0 Å². The summed E-state index contributed by atoms with van der Waals surface area (Å²) in [6.07, 6.45) is 3.43. The van der Waals surface area contributed by atoms with E-state index in [2.05, 4.69) is 25.5 Å². The number of hydrogen-bond donors (Lipinski definition) is 1. The third kappa shape index (κ3) is 1.52. The van der Waals surface area contributed by atoms with Gasteiger partial charge in [-0.25, -0.2) is 0 Å². The van der Waals surface area contributed by atoms with Crippen molar-refractivity contribution in [3.63, 3.8) is 0 Å². The summed E-state index contributed by atoms with van der Waals surface area (Å²) >= 11 is 4.16. The summed E-state index contributed by atoms with van der Waals surface area (Å²) < 4.78 is 5.01. The van der Waals surface area contributed by atoms with Crippen LogP contribution in [0.2, 0.25) is 0 Å². The maximum Gasteiger partial charge on any atom is 0.0948 e. The topological polar surface area (TPSA) is 13.1 Å². The Labute approximate surface area is 70.0 Å². The second kappa shape index (κ2) is 2.93. The fraction of sp³-hybridized carbons (Fsp3) is 0.429. The Morgan fingerprint density at radius 2 is 2.30 bits per heavy atom. The van der Waals surface area contributed by atoms with Crippen molar-refractivity contribution >= 4 is 22.5 Å². The van der Waals surface area contributed by atoms with Crippen molar-refractivity contribution in [2.45, 2.75) is 18.6 Å². The van der Waals surface area contributed by atoms with Gasteiger partial charge >= 0.3 is 0 Å². The molecule has 1 nitrogen and oxygen atoms in total. The van der Waals surface area contributed by atoms with Crippen LogP contribution >= 0.6 is 22.5 Å². The molecule has 0 amide bonds. The van der Waals surface area contributed by atoms with Crippen LogP contribution in [0.1, 0.15) is 19.4 Å². The van der Waals surface area contributed by atoms with E-state index in [0.717, 1.165) is 0 Å². The molecule has 56 valence electrons. The number of furan rings is 1. The molecule has 1 aromatic heterocycles. The van der Waals surface area contributed by atoms with Crippen LogP contribution in [0, 0.1) is 0 Å². The molecule has 0 unspecified atom stereocenters. The predicted molar refractivity (Wildman–Crippen MR) is 48.3 cm³/mol. The fourth-order valence-corrected chi connectivity index (χ4v) is 1.20. The number of thiol groups is 1. The molecule has 10 heavy (non-hydrogen) atoms. The maximum absolute atomic E-state index is 4.96. The van der Waals surface area contributed by atoms with E-state index in [1.807, 2.05) is 6.07 Å². The molecule has 0 spiro atoms. The molecular formula is C7H10OS2. The Bertz CT molecular complexity index is 191. The Hall–Kier alpha value is -0.0200. The molecule has 0 aromatic carbocycles. The number of rotatable bonds is 2. The molecule has 0 fully saturated rings. The van der Waals surface area contributed by atoms with Gasteiger partial charge in [-0.3, -0.25) is 0 Å². The van der Waals surface area contributed by atoms with Crippen molar-refractivity contribution in [3.05, 3.63) is 24.2 Å². The third-order valence-corrected chi connectivity index (χ3v) is 3.51. The Kier molecular flexibility index (Phi) is 2.36. The monoisotopic (exact) mass is 174 g/mol. The van der Waals surface area contributed by atoms with Gasteiger partial charge in [0, 0.05) is 10.3 Å². The lowest BCUT2D eigenvalue weighted by molar-refractivity contribution is 0.559. The SMILES string of the molecule is CC(C)(SS)c1ccoc1. The molecule has 1 heterocycles. The van der Waals surface area contributed by atoms with E-state index in [1.54, 1.807) is 12.5 Å². The van der Waals surface area contributed by atoms with Crippen molar-refractivity contribution in [3.8, 4) is 0 Å². The van der Waals surface area contributed by atoms with Crippen LogP contribution < -0.4 is 0 Å². The zero-order chi connectivity index (χ0) is 7.61. The quantitative estimate of drug-likeness (QED) is 0.546. The van der Waals surface area contributed by atoms with Crippen molar-refractivity contribution in [2.24, 2.45) is 0 Å². The van der Waals surface area contributed by atoms with Crippen LogP contribution in [0.25, 0.3) is 0 Å². The van der Waals surface area contributed by atoms with Gasteiger partial charge in [-0.2, -0.15) is 0 Å². The summed E-state index contributed by atoms with van der Waals surface area (Å²) in [5, 5.41) is 0. The Balaban J connectivity index is 2.85. The highest BCUT2D eigenvalue weighted by atomic mass is 33.1. The summed E-state index contributed by atoms with van der Waals surface area (Å²) in [6, 6.07) is 1.96. The van der Waals surface area contributed by atoms with Gasteiger partial charge in [0.2, 0.25) is 0 Å². The average molecular weight is 174 g/mol. The lowest BCUT2D eigenvalue weighted by Gasteiger charge is -2.18. The van der Waals surface area contributed by atoms with E-state index in [9.17, 15) is 0 Å². The molecule has 3 heteroatoms. The standard InChI is InChI=1S/C7H10OS2/c1-7(2,10-9)6-3-4-8-5-6/h3-5,9H,1-2H3. The van der Waals surface area contributed by atoms with Gasteiger partial charge < -0.3 is 4.42 Å². The summed E-state index contributed by atoms with van der Waals surface area (Å²) in [7, 11) is 1.52. The molecule has 0 radical (unpaired) electrons. The first kappa shape index (κ1) is 8.08. The van der Waals surface area contributed by atoms with Crippen molar-refractivity contribution < 1.29 is 4.42 Å². The molecule has 0 saturated carbocycles. The smallest absolute Gasteiger partial charge is 0.0948 e. The molecular weight excluding hydrogens is 164 g/mol. The summed E-state index contributed by atoms with van der Waals surface area (Å²) in [6.45, 7) is 4.21. The zero-order valence-corrected chi connectivity index (χ0v) is 7.71. The van der Waals surface area contributed by atoms with Crippen LogP contribution in [0.5, 0.6) is 0 Å². The normalized spacial score (nSPS) is 11.9. The van der Waals surface area contributed by atoms with Gasteiger partial charge in [0.25, 0.3) is 0 Å². The minimum absolute atomic E-state index is 0.0517. The predicted octanol–water partition coefficient (Wildman–Crippen LogP) is 3.09. The molecule has 0 bridgehead atoms. The van der Waals surface area contributed by atoms with Crippen LogP contribution in [-0.2, 0) is 4.75 Å². The average Bonchev–Trinajstić information content (AvgIpc) is 2.38. The first-order chi connectivity index (χ1) is 4.67. The van der Waals surface area contributed by atoms with Crippen molar-refractivity contribution in [2.75, 3.05) is 0 Å². The minimum atomic E-state index is 0.0517. The van der Waals surface area contributed by atoms with Gasteiger partial charge in [-0.15, -0.1) is 11.7 Å². The van der Waals surface area contributed by atoms with E-state index in [0.29, 0.717) is 0 Å². The zero-order valence-electron chi connectivity index (χ0n) is 6.00. The molecule has 0 atom stereocenters. The summed E-state index contributed by atoms with van der Waals surface area (Å²) in [4.78, 5) is 0. The molecule has 1 aromatic rings. The van der Waals surface area contributed by atoms with Gasteiger partial charge in [0.1, 0.15) is 0 Å². The third-order valence-electron chi connectivity index (χ3n) is 1.44. The van der Waals surface area contributed by atoms with Gasteiger partial charge in [-0.1, -0.05) is 10.8 Å². The first-order valence-corrected chi connectivity index (χ1v) is 4.89. The molecule has 0 aliphatic heterocycles. The van der Waals surface area contributed by atoms with Crippen LogP contribution in [0.15, 0.2) is 23.0 Å². The largest absolute Gasteiger partial charge is 0.472 e. The molecule has 1 rings (SSSR count). The van der Waals surface area contributed by atoms with E-state index in [1.165, 1.54) is 16.4 Å². The van der Waals surface area contributed by atoms with Crippen LogP contribution in [0.3, 0.4) is 0 Å². The molecule has 0 aliphatic rings. The minimum Gasteiger partial charge on any atom is -0.472 e. The summed E-state index contributed by atoms with van der Waals surface area (Å²) in [5.74, 6) is 0. The van der Waals surface area contributed by atoms with E-state index >= 15 is 0 Å². The van der Waals surface area contributed by atoms with Gasteiger partial charge in [-0.05, 0) is 19.9 Å². The Morgan fingerprint density at radius 3 is 2.70 bits per heavy atom. The highest BCUT2D eigenvalue weighted by Crippen LogP contribution is 2.37. The summed E-state index contributed by atoms with van der Waals surface area (Å²) in [5.41, 5.74) is 1.17. The van der Waals surface area contributed by atoms with E-state index < -0.39 is 0 Å². The fourth-order valence-electron chi connectivity index (χ4n) is 0.660. The lowest BCUT2D eigenvalue weighted by atomic mass is 10.1. The van der Waals surface area contributed by atoms with Gasteiger partial charge in [0.05, 0.1) is 12.5 Å². The Morgan fingerprint density at radius 1 is 1.60 bits per heavy atom. The van der Waals surface area contributed by atoms with Crippen molar-refractivity contribution in [1.82, 2.24) is 0 Å². The highest BCUT2D eigenvalue weighted by Gasteiger charge is 2.20. The molecule has 0 aliphatic carbocycles. The lowest BCUT2D eigenvalue weighted by Crippen LogP contribution is -2.07. The van der Waals surface area contributed by atoms with Crippen LogP contribution in [0.4, 0.5) is 0 Å². The van der Waals surface area contributed by atoms with E-state index in [4.69, 9.17) is 4.42 Å². The maximum atomic E-state index is 4.96. The molecule has 0 N–H and O–H groups in total. The first-order valence-electron chi connectivity index (χ1n) is 3.02. The van der Waals surface area contributed by atoms with Gasteiger partial charge in [0.15, 0.2) is 0 Å². The second-order valence-corrected chi connectivity index (χ2v) is 4.36. The second-order valence-electron chi connectivity index (χ2n) is 2.61. The molecule has 0 saturated heterocycles.